The molecule has 2 saturated heterocycles. The van der Waals surface area contributed by atoms with Crippen LogP contribution in [0.5, 0.6) is 0 Å². The largest absolute Gasteiger partial charge is 0.378 e. The zero-order chi connectivity index (χ0) is 19.2. The van der Waals surface area contributed by atoms with Crippen molar-refractivity contribution in [2.45, 2.75) is 44.2 Å². The van der Waals surface area contributed by atoms with Crippen molar-refractivity contribution in [1.82, 2.24) is 4.90 Å². The van der Waals surface area contributed by atoms with Crippen molar-refractivity contribution in [2.24, 2.45) is 0 Å². The zero-order valence-electron chi connectivity index (χ0n) is 15.1. The Labute approximate surface area is 169 Å². The number of benzene rings is 1. The Bertz CT molecular complexity index is 659. The van der Waals surface area contributed by atoms with Crippen molar-refractivity contribution in [3.8, 4) is 0 Å². The third kappa shape index (κ3) is 5.82. The van der Waals surface area contributed by atoms with Gasteiger partial charge in [-0.1, -0.05) is 23.2 Å². The third-order valence-electron chi connectivity index (χ3n) is 4.79. The van der Waals surface area contributed by atoms with Gasteiger partial charge in [0.1, 0.15) is 6.04 Å². The van der Waals surface area contributed by atoms with E-state index in [1.807, 2.05) is 0 Å². The molecule has 2 atom stereocenters. The maximum atomic E-state index is 12.6. The third-order valence-corrected chi connectivity index (χ3v) is 5.23. The number of carbonyl (C=O) groups is 2. The number of nitrogens with zero attached hydrogens (tertiary/aromatic N) is 1. The van der Waals surface area contributed by atoms with E-state index in [1.54, 1.807) is 23.1 Å². The standard InChI is InChI=1S/C19H24Cl2N2O4/c20-13-9-14(21)11-15(10-13)22-19(25)17-4-1-6-23(17)18(24)5-8-26-12-16-3-2-7-27-16/h9-11,16-17H,1-8,12H2,(H,22,25). The molecule has 0 saturated carbocycles. The van der Waals surface area contributed by atoms with Gasteiger partial charge < -0.3 is 19.7 Å². The quantitative estimate of drug-likeness (QED) is 0.693. The maximum Gasteiger partial charge on any atom is 0.247 e. The van der Waals surface area contributed by atoms with Crippen molar-refractivity contribution in [1.29, 1.82) is 0 Å². The second kappa shape index (κ2) is 9.73. The maximum absolute atomic E-state index is 12.6. The molecule has 0 spiro atoms. The molecule has 2 unspecified atom stereocenters. The van der Waals surface area contributed by atoms with Crippen molar-refractivity contribution in [3.05, 3.63) is 28.2 Å². The van der Waals surface area contributed by atoms with E-state index in [9.17, 15) is 9.59 Å². The molecular weight excluding hydrogens is 391 g/mol. The predicted molar refractivity (Wildman–Crippen MR) is 104 cm³/mol. The van der Waals surface area contributed by atoms with Crippen molar-refractivity contribution < 1.29 is 19.1 Å². The fourth-order valence-electron chi connectivity index (χ4n) is 3.48. The number of anilines is 1. The summed E-state index contributed by atoms with van der Waals surface area (Å²) >= 11 is 11.9. The number of rotatable bonds is 7. The van der Waals surface area contributed by atoms with Crippen molar-refractivity contribution in [3.63, 3.8) is 0 Å². The van der Waals surface area contributed by atoms with Gasteiger partial charge in [-0.25, -0.2) is 0 Å². The highest BCUT2D eigenvalue weighted by atomic mass is 35.5. The average molecular weight is 415 g/mol. The fourth-order valence-corrected chi connectivity index (χ4v) is 4.01. The lowest BCUT2D eigenvalue weighted by atomic mass is 10.2. The van der Waals surface area contributed by atoms with Gasteiger partial charge in [0.05, 0.1) is 25.7 Å². The first-order chi connectivity index (χ1) is 13.0. The molecule has 2 fully saturated rings. The molecule has 1 aromatic rings. The second-order valence-electron chi connectivity index (χ2n) is 6.85. The molecule has 0 aliphatic carbocycles. The SMILES string of the molecule is O=C(Nc1cc(Cl)cc(Cl)c1)C1CCCN1C(=O)CCOCC1CCCO1. The summed E-state index contributed by atoms with van der Waals surface area (Å²) in [5.74, 6) is -0.288. The van der Waals surface area contributed by atoms with Crippen molar-refractivity contribution >= 4 is 40.7 Å². The topological polar surface area (TPSA) is 67.9 Å². The highest BCUT2D eigenvalue weighted by molar-refractivity contribution is 6.35. The van der Waals surface area contributed by atoms with Gasteiger partial charge >= 0.3 is 0 Å². The molecule has 0 radical (unpaired) electrons. The van der Waals surface area contributed by atoms with Crippen LogP contribution in [0.15, 0.2) is 18.2 Å². The lowest BCUT2D eigenvalue weighted by molar-refractivity contribution is -0.137. The summed E-state index contributed by atoms with van der Waals surface area (Å²) in [6, 6.07) is 4.38. The predicted octanol–water partition coefficient (Wildman–Crippen LogP) is 3.51. The monoisotopic (exact) mass is 414 g/mol. The van der Waals surface area contributed by atoms with Crippen LogP contribution in [0, 0.1) is 0 Å². The van der Waals surface area contributed by atoms with Crippen LogP contribution in [0.25, 0.3) is 0 Å². The minimum Gasteiger partial charge on any atom is -0.378 e. The second-order valence-corrected chi connectivity index (χ2v) is 7.73. The van der Waals surface area contributed by atoms with Crippen LogP contribution in [0.2, 0.25) is 10.0 Å². The molecule has 1 N–H and O–H groups in total. The summed E-state index contributed by atoms with van der Waals surface area (Å²) in [7, 11) is 0. The number of carbonyl (C=O) groups excluding carboxylic acids is 2. The summed E-state index contributed by atoms with van der Waals surface area (Å²) < 4.78 is 11.1. The van der Waals surface area contributed by atoms with Crippen LogP contribution in [-0.2, 0) is 19.1 Å². The van der Waals surface area contributed by atoms with E-state index in [2.05, 4.69) is 5.32 Å². The Hall–Kier alpha value is -1.34. The summed E-state index contributed by atoms with van der Waals surface area (Å²) in [6.45, 7) is 2.23. The van der Waals surface area contributed by atoms with E-state index < -0.39 is 6.04 Å². The van der Waals surface area contributed by atoms with E-state index in [1.165, 1.54) is 0 Å². The van der Waals surface area contributed by atoms with Crippen LogP contribution in [0.4, 0.5) is 5.69 Å². The molecule has 0 aromatic heterocycles. The first-order valence-electron chi connectivity index (χ1n) is 9.28. The van der Waals surface area contributed by atoms with E-state index in [-0.39, 0.29) is 24.3 Å². The molecule has 2 heterocycles. The molecule has 6 nitrogen and oxygen atoms in total. The van der Waals surface area contributed by atoms with Gasteiger partial charge in [0, 0.05) is 28.9 Å². The summed E-state index contributed by atoms with van der Waals surface area (Å²) in [6.07, 6.45) is 3.93. The fraction of sp³-hybridized carbons (Fsp3) is 0.579. The molecular formula is C19H24Cl2N2O4. The van der Waals surface area contributed by atoms with Gasteiger partial charge in [0.2, 0.25) is 11.8 Å². The number of amides is 2. The van der Waals surface area contributed by atoms with E-state index >= 15 is 0 Å². The highest BCUT2D eigenvalue weighted by Crippen LogP contribution is 2.25. The van der Waals surface area contributed by atoms with Crippen LogP contribution in [-0.4, -0.2) is 55.2 Å². The summed E-state index contributed by atoms with van der Waals surface area (Å²) in [5, 5.41) is 3.70. The minimum atomic E-state index is -0.478. The van der Waals surface area contributed by atoms with Gasteiger partial charge in [-0.05, 0) is 43.9 Å². The zero-order valence-corrected chi connectivity index (χ0v) is 16.6. The Balaban J connectivity index is 1.47. The number of nitrogens with one attached hydrogen (secondary N) is 1. The molecule has 8 heteroatoms. The number of hydrogen-bond acceptors (Lipinski definition) is 4. The normalized spacial score (nSPS) is 22.2. The minimum absolute atomic E-state index is 0.0656. The molecule has 27 heavy (non-hydrogen) atoms. The number of likely N-dealkylation sites (tertiary alicyclic amines) is 1. The van der Waals surface area contributed by atoms with Gasteiger partial charge in [0.15, 0.2) is 0 Å². The lowest BCUT2D eigenvalue weighted by Gasteiger charge is -2.24. The van der Waals surface area contributed by atoms with Gasteiger partial charge in [-0.2, -0.15) is 0 Å². The first kappa shape index (κ1) is 20.4. The van der Waals surface area contributed by atoms with E-state index in [0.717, 1.165) is 25.9 Å². The van der Waals surface area contributed by atoms with Gasteiger partial charge in [0.25, 0.3) is 0 Å². The van der Waals surface area contributed by atoms with Crippen LogP contribution in [0.3, 0.4) is 0 Å². The smallest absolute Gasteiger partial charge is 0.247 e. The first-order valence-corrected chi connectivity index (χ1v) is 10.0. The molecule has 2 amide bonds. The Kier molecular flexibility index (Phi) is 7.35. The molecule has 0 bridgehead atoms. The number of ether oxygens (including phenoxy) is 2. The number of halogens is 2. The summed E-state index contributed by atoms with van der Waals surface area (Å²) in [5.41, 5.74) is 0.525. The Morgan fingerprint density at radius 2 is 1.96 bits per heavy atom. The van der Waals surface area contributed by atoms with E-state index in [4.69, 9.17) is 32.7 Å². The van der Waals surface area contributed by atoms with Gasteiger partial charge in [-0.3, -0.25) is 9.59 Å². The lowest BCUT2D eigenvalue weighted by Crippen LogP contribution is -2.43. The van der Waals surface area contributed by atoms with Gasteiger partial charge in [-0.15, -0.1) is 0 Å². The van der Waals surface area contributed by atoms with Crippen LogP contribution in [0.1, 0.15) is 32.1 Å². The van der Waals surface area contributed by atoms with E-state index in [0.29, 0.717) is 41.9 Å². The van der Waals surface area contributed by atoms with Crippen molar-refractivity contribution in [2.75, 3.05) is 31.7 Å². The molecule has 1 aromatic carbocycles. The number of hydrogen-bond donors (Lipinski definition) is 1. The highest BCUT2D eigenvalue weighted by Gasteiger charge is 2.33. The van der Waals surface area contributed by atoms with Crippen LogP contribution < -0.4 is 5.32 Å². The average Bonchev–Trinajstić information content (AvgIpc) is 3.29. The summed E-state index contributed by atoms with van der Waals surface area (Å²) in [4.78, 5) is 26.8. The molecule has 2 aliphatic heterocycles. The Morgan fingerprint density at radius 3 is 2.67 bits per heavy atom. The molecule has 3 rings (SSSR count). The molecule has 148 valence electrons. The van der Waals surface area contributed by atoms with Crippen LogP contribution >= 0.6 is 23.2 Å². The Morgan fingerprint density at radius 1 is 1.19 bits per heavy atom. The molecule has 2 aliphatic rings.